The molecule has 7 nitrogen and oxygen atoms in total. The fourth-order valence-electron chi connectivity index (χ4n) is 3.61. The van der Waals surface area contributed by atoms with Gasteiger partial charge in [0.25, 0.3) is 5.56 Å². The summed E-state index contributed by atoms with van der Waals surface area (Å²) in [5.41, 5.74) is 1.16. The van der Waals surface area contributed by atoms with Crippen LogP contribution in [0.15, 0.2) is 76.6 Å². The second-order valence-corrected chi connectivity index (χ2v) is 7.44. The fourth-order valence-corrected chi connectivity index (χ4v) is 3.61. The Kier molecular flexibility index (Phi) is 6.31. The molecule has 0 unspecified atom stereocenters. The summed E-state index contributed by atoms with van der Waals surface area (Å²) >= 11 is 0. The van der Waals surface area contributed by atoms with Gasteiger partial charge in [-0.15, -0.1) is 0 Å². The summed E-state index contributed by atoms with van der Waals surface area (Å²) in [4.78, 5) is 31.0. The van der Waals surface area contributed by atoms with Gasteiger partial charge in [-0.25, -0.2) is 9.78 Å². The van der Waals surface area contributed by atoms with Crippen LogP contribution in [0, 0.1) is 0 Å². The Morgan fingerprint density at radius 3 is 2.32 bits per heavy atom. The zero-order valence-electron chi connectivity index (χ0n) is 17.6. The van der Waals surface area contributed by atoms with Gasteiger partial charge in [0.2, 0.25) is 0 Å². The van der Waals surface area contributed by atoms with Gasteiger partial charge in [0.1, 0.15) is 12.4 Å². The van der Waals surface area contributed by atoms with Crippen LogP contribution < -0.4 is 16.0 Å². The monoisotopic (exact) mass is 418 g/mol. The minimum Gasteiger partial charge on any atom is -0.492 e. The number of benzene rings is 2. The van der Waals surface area contributed by atoms with Gasteiger partial charge < -0.3 is 9.30 Å². The van der Waals surface area contributed by atoms with Crippen molar-refractivity contribution in [1.82, 2.24) is 18.7 Å². The number of para-hydroxylation sites is 1. The van der Waals surface area contributed by atoms with Crippen LogP contribution in [0.2, 0.25) is 0 Å². The van der Waals surface area contributed by atoms with Crippen LogP contribution in [0.1, 0.15) is 25.3 Å². The molecule has 0 radical (unpaired) electrons. The zero-order chi connectivity index (χ0) is 21.6. The number of ether oxygens (including phenoxy) is 1. The predicted molar refractivity (Wildman–Crippen MR) is 121 cm³/mol. The maximum atomic E-state index is 13.3. The quantitative estimate of drug-likeness (QED) is 0.418. The number of hydrogen-bond donors (Lipinski definition) is 0. The molecule has 4 aromatic rings. The van der Waals surface area contributed by atoms with Crippen molar-refractivity contribution >= 4 is 11.2 Å². The molecule has 0 aliphatic rings. The molecule has 0 saturated carbocycles. The highest BCUT2D eigenvalue weighted by Crippen LogP contribution is 2.11. The van der Waals surface area contributed by atoms with Crippen molar-refractivity contribution < 1.29 is 4.74 Å². The predicted octanol–water partition coefficient (Wildman–Crippen LogP) is 3.29. The van der Waals surface area contributed by atoms with Crippen molar-refractivity contribution in [3.05, 3.63) is 93.4 Å². The Bertz CT molecular complexity index is 1260. The number of aryl methyl sites for hydroxylation is 1. The number of nitrogens with zero attached hydrogens (tertiary/aromatic N) is 4. The molecular weight excluding hydrogens is 392 g/mol. The third kappa shape index (κ3) is 4.45. The summed E-state index contributed by atoms with van der Waals surface area (Å²) in [6.45, 7) is 3.52. The zero-order valence-corrected chi connectivity index (χ0v) is 17.6. The van der Waals surface area contributed by atoms with E-state index in [1.165, 1.54) is 4.57 Å². The normalized spacial score (nSPS) is 11.1. The van der Waals surface area contributed by atoms with Crippen molar-refractivity contribution in [2.75, 3.05) is 6.61 Å². The SMILES string of the molecule is CCCCn1cnc2c1c(=O)n(CCOc1ccccc1)c(=O)n2Cc1ccccc1. The van der Waals surface area contributed by atoms with E-state index < -0.39 is 0 Å². The number of fused-ring (bicyclic) bond motifs is 1. The van der Waals surface area contributed by atoms with Gasteiger partial charge in [-0.05, 0) is 24.1 Å². The highest BCUT2D eigenvalue weighted by molar-refractivity contribution is 5.70. The van der Waals surface area contributed by atoms with Crippen molar-refractivity contribution in [1.29, 1.82) is 0 Å². The third-order valence-electron chi connectivity index (χ3n) is 5.25. The molecule has 160 valence electrons. The first-order valence-electron chi connectivity index (χ1n) is 10.6. The summed E-state index contributed by atoms with van der Waals surface area (Å²) in [7, 11) is 0. The van der Waals surface area contributed by atoms with Gasteiger partial charge in [-0.2, -0.15) is 0 Å². The van der Waals surface area contributed by atoms with Crippen molar-refractivity contribution in [3.8, 4) is 5.75 Å². The Morgan fingerprint density at radius 2 is 1.61 bits per heavy atom. The van der Waals surface area contributed by atoms with E-state index in [0.29, 0.717) is 30.0 Å². The molecule has 0 fully saturated rings. The van der Waals surface area contributed by atoms with Crippen LogP contribution in [-0.2, 0) is 19.6 Å². The minimum atomic E-state index is -0.376. The molecule has 0 spiro atoms. The molecule has 0 saturated heterocycles. The molecule has 2 aromatic carbocycles. The van der Waals surface area contributed by atoms with E-state index in [1.54, 1.807) is 10.9 Å². The van der Waals surface area contributed by atoms with Crippen molar-refractivity contribution in [2.45, 2.75) is 39.4 Å². The lowest BCUT2D eigenvalue weighted by Crippen LogP contribution is -2.42. The highest BCUT2D eigenvalue weighted by Gasteiger charge is 2.18. The van der Waals surface area contributed by atoms with E-state index >= 15 is 0 Å². The number of aromatic nitrogens is 4. The van der Waals surface area contributed by atoms with E-state index in [1.807, 2.05) is 65.2 Å². The molecule has 4 rings (SSSR count). The molecule has 0 amide bonds. The van der Waals surface area contributed by atoms with E-state index in [0.717, 1.165) is 18.4 Å². The average Bonchev–Trinajstić information content (AvgIpc) is 3.23. The van der Waals surface area contributed by atoms with Gasteiger partial charge in [-0.3, -0.25) is 13.9 Å². The smallest absolute Gasteiger partial charge is 0.333 e. The van der Waals surface area contributed by atoms with E-state index in [-0.39, 0.29) is 24.4 Å². The molecule has 0 N–H and O–H groups in total. The lowest BCUT2D eigenvalue weighted by atomic mass is 10.2. The Morgan fingerprint density at radius 1 is 0.903 bits per heavy atom. The summed E-state index contributed by atoms with van der Waals surface area (Å²) in [5.74, 6) is 0.703. The molecule has 0 atom stereocenters. The number of unbranched alkanes of at least 4 members (excludes halogenated alkanes) is 1. The average molecular weight is 418 g/mol. The maximum Gasteiger partial charge on any atom is 0.333 e. The molecular formula is C24H26N4O3. The van der Waals surface area contributed by atoms with Gasteiger partial charge in [-0.1, -0.05) is 61.9 Å². The molecule has 0 aliphatic carbocycles. The summed E-state index contributed by atoms with van der Waals surface area (Å²) < 4.78 is 10.4. The first kappa shape index (κ1) is 20.7. The van der Waals surface area contributed by atoms with Gasteiger partial charge in [0.05, 0.1) is 19.4 Å². The largest absolute Gasteiger partial charge is 0.492 e. The molecule has 31 heavy (non-hydrogen) atoms. The number of hydrogen-bond acceptors (Lipinski definition) is 4. The van der Waals surface area contributed by atoms with Crippen LogP contribution in [0.3, 0.4) is 0 Å². The van der Waals surface area contributed by atoms with E-state index in [2.05, 4.69) is 11.9 Å². The number of rotatable bonds is 9. The Hall–Kier alpha value is -3.61. The summed E-state index contributed by atoms with van der Waals surface area (Å²) in [6, 6.07) is 19.1. The summed E-state index contributed by atoms with van der Waals surface area (Å²) in [5, 5.41) is 0. The first-order chi connectivity index (χ1) is 15.2. The molecule has 0 bridgehead atoms. The van der Waals surface area contributed by atoms with Crippen molar-refractivity contribution in [2.24, 2.45) is 0 Å². The van der Waals surface area contributed by atoms with E-state index in [9.17, 15) is 9.59 Å². The second kappa shape index (κ2) is 9.47. The van der Waals surface area contributed by atoms with Crippen LogP contribution in [0.25, 0.3) is 11.2 Å². The Balaban J connectivity index is 1.74. The standard InChI is InChI=1S/C24H26N4O3/c1-2-3-14-26-18-25-22-21(26)23(29)27(15-16-31-20-12-8-5-9-13-20)24(30)28(22)17-19-10-6-4-7-11-19/h4-13,18H,2-3,14-17H2,1H3. The van der Waals surface area contributed by atoms with Crippen LogP contribution in [-0.4, -0.2) is 25.3 Å². The van der Waals surface area contributed by atoms with Gasteiger partial charge in [0, 0.05) is 6.54 Å². The van der Waals surface area contributed by atoms with Gasteiger partial charge >= 0.3 is 5.69 Å². The van der Waals surface area contributed by atoms with Gasteiger partial charge in [0.15, 0.2) is 11.2 Å². The fraction of sp³-hybridized carbons (Fsp3) is 0.292. The third-order valence-corrected chi connectivity index (χ3v) is 5.25. The van der Waals surface area contributed by atoms with E-state index in [4.69, 9.17) is 4.74 Å². The van der Waals surface area contributed by atoms with Crippen LogP contribution >= 0.6 is 0 Å². The molecule has 0 aliphatic heterocycles. The van der Waals surface area contributed by atoms with Crippen molar-refractivity contribution in [3.63, 3.8) is 0 Å². The Labute approximate surface area is 180 Å². The summed E-state index contributed by atoms with van der Waals surface area (Å²) in [6.07, 6.45) is 3.59. The van der Waals surface area contributed by atoms with Crippen LogP contribution in [0.5, 0.6) is 5.75 Å². The topological polar surface area (TPSA) is 71.1 Å². The molecule has 2 heterocycles. The van der Waals surface area contributed by atoms with Crippen LogP contribution in [0.4, 0.5) is 0 Å². The molecule has 2 aromatic heterocycles. The number of imidazole rings is 1. The minimum absolute atomic E-state index is 0.163. The second-order valence-electron chi connectivity index (χ2n) is 7.44. The lowest BCUT2D eigenvalue weighted by Gasteiger charge is -2.13. The lowest BCUT2D eigenvalue weighted by molar-refractivity contribution is 0.292. The molecule has 7 heteroatoms. The first-order valence-corrected chi connectivity index (χ1v) is 10.6. The maximum absolute atomic E-state index is 13.3. The highest BCUT2D eigenvalue weighted by atomic mass is 16.5.